The highest BCUT2D eigenvalue weighted by atomic mass is 16.5. The summed E-state index contributed by atoms with van der Waals surface area (Å²) in [6, 6.07) is 0. The van der Waals surface area contributed by atoms with Gasteiger partial charge >= 0.3 is 17.9 Å². The topological polar surface area (TPSA) is 118 Å². The SMILES string of the molecule is CCC(=O)C(C)CC.CCC(C)C(=O)OCC(CCCC(=O)O)CC(=O)O. The number of hydrogen-bond acceptors (Lipinski definition) is 5. The molecule has 3 unspecified atom stereocenters. The van der Waals surface area contributed by atoms with Crippen LogP contribution in [0.3, 0.4) is 0 Å². The number of carbonyl (C=O) groups is 4. The lowest BCUT2D eigenvalue weighted by Crippen LogP contribution is -2.21. The van der Waals surface area contributed by atoms with Crippen LogP contribution in [-0.4, -0.2) is 40.5 Å². The molecule has 0 radical (unpaired) electrons. The molecule has 0 aliphatic carbocycles. The smallest absolute Gasteiger partial charge is 0.308 e. The van der Waals surface area contributed by atoms with Gasteiger partial charge in [0.1, 0.15) is 5.78 Å². The average molecular weight is 389 g/mol. The van der Waals surface area contributed by atoms with Gasteiger partial charge in [-0.2, -0.15) is 0 Å². The van der Waals surface area contributed by atoms with Gasteiger partial charge < -0.3 is 14.9 Å². The highest BCUT2D eigenvalue weighted by molar-refractivity contribution is 5.80. The Morgan fingerprint density at radius 2 is 1.44 bits per heavy atom. The first kappa shape index (κ1) is 27.3. The summed E-state index contributed by atoms with van der Waals surface area (Å²) in [5.41, 5.74) is 0. The predicted molar refractivity (Wildman–Crippen MR) is 102 cm³/mol. The molecule has 0 aliphatic rings. The molecule has 0 aromatic carbocycles. The number of Topliss-reactive ketones (excluding diaryl/α,β-unsaturated/α-hetero) is 1. The molecule has 0 saturated carbocycles. The molecule has 0 saturated heterocycles. The van der Waals surface area contributed by atoms with Crippen molar-refractivity contribution in [1.29, 1.82) is 0 Å². The zero-order valence-electron chi connectivity index (χ0n) is 17.3. The van der Waals surface area contributed by atoms with E-state index in [1.165, 1.54) is 0 Å². The number of ketones is 1. The van der Waals surface area contributed by atoms with E-state index in [4.69, 9.17) is 14.9 Å². The van der Waals surface area contributed by atoms with Crippen molar-refractivity contribution in [1.82, 2.24) is 0 Å². The second-order valence-corrected chi connectivity index (χ2v) is 6.82. The quantitative estimate of drug-likeness (QED) is 0.459. The van der Waals surface area contributed by atoms with Crippen LogP contribution < -0.4 is 0 Å². The molecular weight excluding hydrogens is 352 g/mol. The molecule has 158 valence electrons. The number of ether oxygens (including phenoxy) is 1. The molecule has 0 aromatic heterocycles. The standard InChI is InChI=1S/C13H22O6.C7H14O/c1-3-9(2)13(18)19-8-10(7-12(16)17)5-4-6-11(14)15;1-4-6(3)7(8)5-2/h9-10H,3-8H2,1-2H3,(H,14,15)(H,16,17);6H,4-5H2,1-3H3. The average Bonchev–Trinajstić information content (AvgIpc) is 2.63. The van der Waals surface area contributed by atoms with Gasteiger partial charge in [0.25, 0.3) is 0 Å². The van der Waals surface area contributed by atoms with E-state index in [-0.39, 0.29) is 43.2 Å². The molecule has 7 nitrogen and oxygen atoms in total. The minimum absolute atomic E-state index is 0.00454. The van der Waals surface area contributed by atoms with Crippen LogP contribution in [0, 0.1) is 17.8 Å². The van der Waals surface area contributed by atoms with Gasteiger partial charge in [0, 0.05) is 24.7 Å². The summed E-state index contributed by atoms with van der Waals surface area (Å²) < 4.78 is 5.07. The van der Waals surface area contributed by atoms with Gasteiger partial charge in [-0.1, -0.05) is 34.6 Å². The van der Waals surface area contributed by atoms with Crippen LogP contribution in [0.4, 0.5) is 0 Å². The molecular formula is C20H36O7. The van der Waals surface area contributed by atoms with Crippen molar-refractivity contribution in [3.63, 3.8) is 0 Å². The molecule has 0 fully saturated rings. The van der Waals surface area contributed by atoms with Crippen LogP contribution in [0.25, 0.3) is 0 Å². The minimum Gasteiger partial charge on any atom is -0.481 e. The molecule has 2 N–H and O–H groups in total. The molecule has 0 spiro atoms. The zero-order chi connectivity index (χ0) is 21.4. The van der Waals surface area contributed by atoms with Gasteiger partial charge in [0.2, 0.25) is 0 Å². The van der Waals surface area contributed by atoms with Gasteiger partial charge in [-0.15, -0.1) is 0 Å². The van der Waals surface area contributed by atoms with Crippen molar-refractivity contribution >= 4 is 23.7 Å². The van der Waals surface area contributed by atoms with Crippen molar-refractivity contribution in [2.75, 3.05) is 6.61 Å². The lowest BCUT2D eigenvalue weighted by Gasteiger charge is -2.16. The summed E-state index contributed by atoms with van der Waals surface area (Å²) in [7, 11) is 0. The summed E-state index contributed by atoms with van der Waals surface area (Å²) in [5, 5.41) is 17.3. The Kier molecular flexibility index (Phi) is 16.4. The number of carboxylic acid groups (broad SMARTS) is 2. The van der Waals surface area contributed by atoms with Crippen LogP contribution >= 0.6 is 0 Å². The fourth-order valence-electron chi connectivity index (χ4n) is 2.12. The van der Waals surface area contributed by atoms with Crippen LogP contribution in [0.5, 0.6) is 0 Å². The van der Waals surface area contributed by atoms with E-state index in [0.29, 0.717) is 31.5 Å². The van der Waals surface area contributed by atoms with Crippen LogP contribution in [-0.2, 0) is 23.9 Å². The van der Waals surface area contributed by atoms with Crippen molar-refractivity contribution in [2.45, 2.75) is 79.6 Å². The maximum Gasteiger partial charge on any atom is 0.308 e. The molecule has 0 aliphatic heterocycles. The minimum atomic E-state index is -0.972. The molecule has 3 atom stereocenters. The Balaban J connectivity index is 0. The number of rotatable bonds is 13. The van der Waals surface area contributed by atoms with Crippen LogP contribution in [0.1, 0.15) is 79.6 Å². The second kappa shape index (κ2) is 16.3. The monoisotopic (exact) mass is 388 g/mol. The third-order valence-corrected chi connectivity index (χ3v) is 4.45. The highest BCUT2D eigenvalue weighted by Crippen LogP contribution is 2.15. The highest BCUT2D eigenvalue weighted by Gasteiger charge is 2.18. The van der Waals surface area contributed by atoms with E-state index in [1.54, 1.807) is 6.92 Å². The van der Waals surface area contributed by atoms with Crippen molar-refractivity contribution in [3.8, 4) is 0 Å². The molecule has 0 rings (SSSR count). The number of hydrogen-bond donors (Lipinski definition) is 2. The lowest BCUT2D eigenvalue weighted by molar-refractivity contribution is -0.151. The van der Waals surface area contributed by atoms with Gasteiger partial charge in [0.15, 0.2) is 0 Å². The molecule has 0 heterocycles. The van der Waals surface area contributed by atoms with Crippen molar-refractivity contribution in [2.24, 2.45) is 17.8 Å². The summed E-state index contributed by atoms with van der Waals surface area (Å²) in [5.74, 6) is -2.09. The predicted octanol–water partition coefficient (Wildman–Crippen LogP) is 3.93. The van der Waals surface area contributed by atoms with E-state index in [0.717, 1.165) is 6.42 Å². The van der Waals surface area contributed by atoms with E-state index >= 15 is 0 Å². The largest absolute Gasteiger partial charge is 0.481 e. The first-order chi connectivity index (χ1) is 12.6. The van der Waals surface area contributed by atoms with Crippen LogP contribution in [0.15, 0.2) is 0 Å². The molecule has 0 bridgehead atoms. The number of carboxylic acids is 2. The summed E-state index contributed by atoms with van der Waals surface area (Å²) in [4.78, 5) is 43.3. The maximum atomic E-state index is 11.5. The molecule has 0 amide bonds. The molecule has 27 heavy (non-hydrogen) atoms. The van der Waals surface area contributed by atoms with Gasteiger partial charge in [-0.25, -0.2) is 0 Å². The fraction of sp³-hybridized carbons (Fsp3) is 0.800. The maximum absolute atomic E-state index is 11.5. The normalized spacial score (nSPS) is 13.5. The van der Waals surface area contributed by atoms with Crippen molar-refractivity contribution in [3.05, 3.63) is 0 Å². The first-order valence-electron chi connectivity index (χ1n) is 9.71. The van der Waals surface area contributed by atoms with Gasteiger partial charge in [0.05, 0.1) is 18.9 Å². The second-order valence-electron chi connectivity index (χ2n) is 6.82. The van der Waals surface area contributed by atoms with E-state index < -0.39 is 11.9 Å². The fourth-order valence-corrected chi connectivity index (χ4v) is 2.12. The Hall–Kier alpha value is -1.92. The lowest BCUT2D eigenvalue weighted by atomic mass is 9.99. The van der Waals surface area contributed by atoms with E-state index in [9.17, 15) is 19.2 Å². The van der Waals surface area contributed by atoms with E-state index in [2.05, 4.69) is 0 Å². The zero-order valence-corrected chi connectivity index (χ0v) is 17.3. The summed E-state index contributed by atoms with van der Waals surface area (Å²) in [6.07, 6.45) is 3.02. The number of aliphatic carboxylic acids is 2. The Morgan fingerprint density at radius 3 is 1.81 bits per heavy atom. The first-order valence-corrected chi connectivity index (χ1v) is 9.71. The third-order valence-electron chi connectivity index (χ3n) is 4.45. The van der Waals surface area contributed by atoms with Crippen molar-refractivity contribution < 1.29 is 34.1 Å². The third kappa shape index (κ3) is 16.0. The molecule has 7 heteroatoms. The summed E-state index contributed by atoms with van der Waals surface area (Å²) in [6.45, 7) is 9.58. The molecule has 0 aromatic rings. The van der Waals surface area contributed by atoms with Gasteiger partial charge in [-0.05, 0) is 25.7 Å². The van der Waals surface area contributed by atoms with Crippen LogP contribution in [0.2, 0.25) is 0 Å². The van der Waals surface area contributed by atoms with E-state index in [1.807, 2.05) is 27.7 Å². The summed E-state index contributed by atoms with van der Waals surface area (Å²) >= 11 is 0. The van der Waals surface area contributed by atoms with Gasteiger partial charge in [-0.3, -0.25) is 19.2 Å². The number of esters is 1. The Morgan fingerprint density at radius 1 is 0.889 bits per heavy atom. The number of carbonyl (C=O) groups excluding carboxylic acids is 2. The Labute approximate surface area is 162 Å². The Bertz CT molecular complexity index is 459.